The molecule has 0 bridgehead atoms. The van der Waals surface area contributed by atoms with Crippen LogP contribution in [0, 0.1) is 13.8 Å². The van der Waals surface area contributed by atoms with E-state index < -0.39 is 41.1 Å². The van der Waals surface area contributed by atoms with Crippen molar-refractivity contribution < 1.29 is 23.9 Å². The van der Waals surface area contributed by atoms with Gasteiger partial charge in [-0.15, -0.1) is 0 Å². The molecule has 0 heterocycles. The van der Waals surface area contributed by atoms with E-state index in [9.17, 15) is 19.2 Å². The van der Waals surface area contributed by atoms with Gasteiger partial charge in [0, 0.05) is 18.5 Å². The second kappa shape index (κ2) is 12.0. The number of benzene rings is 1. The van der Waals surface area contributed by atoms with Crippen molar-refractivity contribution in [3.05, 3.63) is 34.9 Å². The number of primary amides is 1. The molecule has 4 amide bonds. The van der Waals surface area contributed by atoms with Gasteiger partial charge in [0.2, 0.25) is 17.7 Å². The van der Waals surface area contributed by atoms with E-state index in [1.54, 1.807) is 27.7 Å². The lowest BCUT2D eigenvalue weighted by Crippen LogP contribution is -2.54. The van der Waals surface area contributed by atoms with Gasteiger partial charge in [0.25, 0.3) is 0 Å². The largest absolute Gasteiger partial charge is 0.444 e. The summed E-state index contributed by atoms with van der Waals surface area (Å²) in [5.41, 5.74) is 6.57. The van der Waals surface area contributed by atoms with E-state index in [1.807, 2.05) is 52.8 Å². The summed E-state index contributed by atoms with van der Waals surface area (Å²) < 4.78 is 5.32. The van der Waals surface area contributed by atoms with Gasteiger partial charge in [0.15, 0.2) is 0 Å². The highest BCUT2D eigenvalue weighted by molar-refractivity contribution is 5.93. The Labute approximate surface area is 209 Å². The number of ether oxygens (including phenoxy) is 1. The molecular formula is C26H42N4O5. The second-order valence-electron chi connectivity index (χ2n) is 10.8. The van der Waals surface area contributed by atoms with Crippen LogP contribution in [0.25, 0.3) is 0 Å². The zero-order valence-corrected chi connectivity index (χ0v) is 22.6. The first-order valence-electron chi connectivity index (χ1n) is 11.9. The van der Waals surface area contributed by atoms with E-state index in [0.29, 0.717) is 5.56 Å². The van der Waals surface area contributed by atoms with Crippen molar-refractivity contribution in [1.82, 2.24) is 15.5 Å². The first-order valence-corrected chi connectivity index (χ1v) is 11.9. The summed E-state index contributed by atoms with van der Waals surface area (Å²) in [6.07, 6.45) is -0.935. The maximum Gasteiger partial charge on any atom is 0.408 e. The quantitative estimate of drug-likeness (QED) is 0.489. The van der Waals surface area contributed by atoms with E-state index >= 15 is 0 Å². The van der Waals surface area contributed by atoms with Crippen LogP contribution in [0.2, 0.25) is 0 Å². The average Bonchev–Trinajstić information content (AvgIpc) is 2.68. The van der Waals surface area contributed by atoms with Gasteiger partial charge >= 0.3 is 6.09 Å². The van der Waals surface area contributed by atoms with Gasteiger partial charge in [-0.1, -0.05) is 18.2 Å². The molecule has 0 aliphatic rings. The third-order valence-corrected chi connectivity index (χ3v) is 5.29. The molecule has 0 aromatic heterocycles. The van der Waals surface area contributed by atoms with Gasteiger partial charge < -0.3 is 26.0 Å². The minimum absolute atomic E-state index is 0.0235. The summed E-state index contributed by atoms with van der Waals surface area (Å²) in [4.78, 5) is 52.7. The third-order valence-electron chi connectivity index (χ3n) is 5.29. The summed E-state index contributed by atoms with van der Waals surface area (Å²) in [7, 11) is 0. The Kier molecular flexibility index (Phi) is 10.3. The fourth-order valence-corrected chi connectivity index (χ4v) is 3.62. The van der Waals surface area contributed by atoms with Crippen molar-refractivity contribution in [3.63, 3.8) is 0 Å². The molecule has 0 aliphatic heterocycles. The van der Waals surface area contributed by atoms with Crippen LogP contribution >= 0.6 is 0 Å². The number of hydrogen-bond donors (Lipinski definition) is 3. The van der Waals surface area contributed by atoms with Crippen LogP contribution in [0.15, 0.2) is 18.2 Å². The number of carbonyl (C=O) groups is 4. The second-order valence-corrected chi connectivity index (χ2v) is 10.8. The van der Waals surface area contributed by atoms with Crippen LogP contribution in [0.4, 0.5) is 4.79 Å². The number of rotatable bonds is 9. The van der Waals surface area contributed by atoms with Crippen LogP contribution in [-0.2, 0) is 19.1 Å². The SMILES string of the molecule is CCN(C(=O)C(CCC(N)=O)NC(=O)OC(C)(C)C)C(C(=O)NC(C)(C)C)c1cccc(C)c1C. The predicted octanol–water partition coefficient (Wildman–Crippen LogP) is 3.27. The average molecular weight is 491 g/mol. The van der Waals surface area contributed by atoms with Crippen LogP contribution in [0.3, 0.4) is 0 Å². The lowest BCUT2D eigenvalue weighted by molar-refractivity contribution is -0.143. The highest BCUT2D eigenvalue weighted by Gasteiger charge is 2.37. The molecule has 0 spiro atoms. The number of nitrogens with one attached hydrogen (secondary N) is 2. The number of carbonyl (C=O) groups excluding carboxylic acids is 4. The van der Waals surface area contributed by atoms with E-state index in [1.165, 1.54) is 4.90 Å². The van der Waals surface area contributed by atoms with Crippen LogP contribution < -0.4 is 16.4 Å². The highest BCUT2D eigenvalue weighted by Crippen LogP contribution is 2.28. The lowest BCUT2D eigenvalue weighted by Gasteiger charge is -2.36. The van der Waals surface area contributed by atoms with Gasteiger partial charge in [-0.2, -0.15) is 0 Å². The molecular weight excluding hydrogens is 448 g/mol. The molecule has 0 saturated heterocycles. The Morgan fingerprint density at radius 3 is 2.14 bits per heavy atom. The first-order chi connectivity index (χ1) is 16.0. The fourth-order valence-electron chi connectivity index (χ4n) is 3.62. The lowest BCUT2D eigenvalue weighted by atomic mass is 9.94. The maximum atomic E-state index is 13.8. The molecule has 1 aromatic carbocycles. The van der Waals surface area contributed by atoms with E-state index in [4.69, 9.17) is 10.5 Å². The Hall–Kier alpha value is -3.10. The molecule has 2 atom stereocenters. The van der Waals surface area contributed by atoms with Gasteiger partial charge in [0.05, 0.1) is 0 Å². The zero-order valence-electron chi connectivity index (χ0n) is 22.6. The number of likely N-dealkylation sites (N-methyl/N-ethyl adjacent to an activating group) is 1. The smallest absolute Gasteiger partial charge is 0.408 e. The van der Waals surface area contributed by atoms with E-state index in [0.717, 1.165) is 11.1 Å². The zero-order chi connectivity index (χ0) is 27.1. The monoisotopic (exact) mass is 490 g/mol. The predicted molar refractivity (Wildman–Crippen MR) is 136 cm³/mol. The molecule has 9 heteroatoms. The number of nitrogens with zero attached hydrogens (tertiary/aromatic N) is 1. The van der Waals surface area contributed by atoms with Crippen molar-refractivity contribution in [3.8, 4) is 0 Å². The van der Waals surface area contributed by atoms with Crippen molar-refractivity contribution in [2.75, 3.05) is 6.54 Å². The minimum atomic E-state index is -1.10. The number of hydrogen-bond acceptors (Lipinski definition) is 5. The number of nitrogens with two attached hydrogens (primary N) is 1. The normalized spacial score (nSPS) is 13.4. The molecule has 9 nitrogen and oxygen atoms in total. The number of alkyl carbamates (subject to hydrolysis) is 1. The molecule has 1 rings (SSSR count). The molecule has 0 aliphatic carbocycles. The summed E-state index contributed by atoms with van der Waals surface area (Å²) in [6.45, 7) is 16.5. The summed E-state index contributed by atoms with van der Waals surface area (Å²) in [6, 6.07) is 3.56. The van der Waals surface area contributed by atoms with Crippen molar-refractivity contribution in [1.29, 1.82) is 0 Å². The number of amides is 4. The van der Waals surface area contributed by atoms with E-state index in [2.05, 4.69) is 10.6 Å². The summed E-state index contributed by atoms with van der Waals surface area (Å²) in [5.74, 6) is -1.45. The summed E-state index contributed by atoms with van der Waals surface area (Å²) >= 11 is 0. The van der Waals surface area contributed by atoms with Gasteiger partial charge in [-0.3, -0.25) is 14.4 Å². The van der Waals surface area contributed by atoms with E-state index in [-0.39, 0.29) is 25.3 Å². The molecule has 1 aromatic rings. The molecule has 35 heavy (non-hydrogen) atoms. The molecule has 0 fully saturated rings. The van der Waals surface area contributed by atoms with Crippen molar-refractivity contribution in [2.24, 2.45) is 5.73 Å². The topological polar surface area (TPSA) is 131 Å². The van der Waals surface area contributed by atoms with Crippen molar-refractivity contribution in [2.45, 2.75) is 98.4 Å². The maximum absolute atomic E-state index is 13.8. The highest BCUT2D eigenvalue weighted by atomic mass is 16.6. The molecule has 0 radical (unpaired) electrons. The van der Waals surface area contributed by atoms with Gasteiger partial charge in [-0.25, -0.2) is 4.79 Å². The number of aryl methyl sites for hydroxylation is 1. The Morgan fingerprint density at radius 2 is 1.66 bits per heavy atom. The molecule has 196 valence electrons. The Bertz CT molecular complexity index is 931. The van der Waals surface area contributed by atoms with Gasteiger partial charge in [0.1, 0.15) is 17.7 Å². The fraction of sp³-hybridized carbons (Fsp3) is 0.615. The van der Waals surface area contributed by atoms with Crippen LogP contribution in [-0.4, -0.2) is 52.4 Å². The van der Waals surface area contributed by atoms with Crippen molar-refractivity contribution >= 4 is 23.8 Å². The third kappa shape index (κ3) is 9.58. The molecule has 0 saturated carbocycles. The first kappa shape index (κ1) is 29.9. The van der Waals surface area contributed by atoms with Crippen LogP contribution in [0.1, 0.15) is 84.0 Å². The molecule has 4 N–H and O–H groups in total. The Balaban J connectivity index is 3.48. The molecule has 2 unspecified atom stereocenters. The van der Waals surface area contributed by atoms with Crippen LogP contribution in [0.5, 0.6) is 0 Å². The minimum Gasteiger partial charge on any atom is -0.444 e. The van der Waals surface area contributed by atoms with Gasteiger partial charge in [-0.05, 0) is 85.4 Å². The Morgan fingerprint density at radius 1 is 1.06 bits per heavy atom. The summed E-state index contributed by atoms with van der Waals surface area (Å²) in [5, 5.41) is 5.55. The standard InChI is InChI=1S/C26H42N4O5/c1-10-30(23(33)19(14-15-20(27)31)28-24(34)35-26(7,8)9)21(22(32)29-25(4,5)6)18-13-11-12-16(2)17(18)3/h11-13,19,21H,10,14-15H2,1-9H3,(H2,27,31)(H,28,34)(H,29,32).